The number of rotatable bonds is 4. The largest absolute Gasteiger partial charge is 0.444 e. The Kier molecular flexibility index (Phi) is 4.94. The molecule has 10 heteroatoms. The van der Waals surface area contributed by atoms with Crippen LogP contribution < -0.4 is 10.6 Å². The van der Waals surface area contributed by atoms with E-state index in [0.717, 1.165) is 42.7 Å². The highest BCUT2D eigenvalue weighted by atomic mass is 16.6. The van der Waals surface area contributed by atoms with Crippen LogP contribution in [0.2, 0.25) is 0 Å². The molecule has 0 saturated carbocycles. The zero-order chi connectivity index (χ0) is 22.5. The summed E-state index contributed by atoms with van der Waals surface area (Å²) in [5.41, 5.74) is 1.39. The second kappa shape index (κ2) is 7.68. The number of nitrogens with one attached hydrogen (secondary N) is 3. The van der Waals surface area contributed by atoms with Gasteiger partial charge in [0.15, 0.2) is 11.6 Å². The average molecular weight is 439 g/mol. The first-order chi connectivity index (χ1) is 15.2. The van der Waals surface area contributed by atoms with Crippen LogP contribution in [0.15, 0.2) is 24.4 Å². The van der Waals surface area contributed by atoms with Crippen molar-refractivity contribution >= 4 is 29.2 Å². The van der Waals surface area contributed by atoms with E-state index in [1.165, 1.54) is 0 Å². The van der Waals surface area contributed by atoms with Crippen LogP contribution in [0.1, 0.15) is 52.1 Å². The molecule has 3 N–H and O–H groups in total. The van der Waals surface area contributed by atoms with Gasteiger partial charge < -0.3 is 20.3 Å². The summed E-state index contributed by atoms with van der Waals surface area (Å²) in [5.74, 6) is 1.91. The van der Waals surface area contributed by atoms with E-state index in [9.17, 15) is 4.79 Å². The molecular formula is C22H30N8O2. The molecule has 3 atom stereocenters. The van der Waals surface area contributed by atoms with Crippen LogP contribution >= 0.6 is 0 Å². The van der Waals surface area contributed by atoms with Crippen molar-refractivity contribution in [3.63, 3.8) is 0 Å². The third-order valence-electron chi connectivity index (χ3n) is 6.02. The molecule has 10 nitrogen and oxygen atoms in total. The molecule has 1 amide bonds. The van der Waals surface area contributed by atoms with Gasteiger partial charge >= 0.3 is 6.09 Å². The summed E-state index contributed by atoms with van der Waals surface area (Å²) in [5, 5.41) is 18.4. The van der Waals surface area contributed by atoms with Crippen LogP contribution in [-0.4, -0.2) is 59.5 Å². The molecule has 170 valence electrons. The van der Waals surface area contributed by atoms with Crippen molar-refractivity contribution in [2.75, 3.05) is 10.6 Å². The predicted molar refractivity (Wildman–Crippen MR) is 121 cm³/mol. The van der Waals surface area contributed by atoms with E-state index in [-0.39, 0.29) is 24.2 Å². The lowest BCUT2D eigenvalue weighted by Gasteiger charge is -2.39. The number of nitrogens with zero attached hydrogens (tertiary/aromatic N) is 5. The highest BCUT2D eigenvalue weighted by Crippen LogP contribution is 2.38. The highest BCUT2D eigenvalue weighted by Gasteiger charge is 2.45. The molecule has 2 aliphatic rings. The van der Waals surface area contributed by atoms with Crippen LogP contribution in [0.5, 0.6) is 0 Å². The van der Waals surface area contributed by atoms with Crippen molar-refractivity contribution in [2.24, 2.45) is 0 Å². The molecule has 1 unspecified atom stereocenters. The van der Waals surface area contributed by atoms with Gasteiger partial charge in [-0.15, -0.1) is 5.10 Å². The van der Waals surface area contributed by atoms with Crippen LogP contribution in [0.25, 0.3) is 5.52 Å². The topological polar surface area (TPSA) is 112 Å². The maximum Gasteiger partial charge on any atom is 0.410 e. The van der Waals surface area contributed by atoms with Crippen molar-refractivity contribution in [3.05, 3.63) is 30.1 Å². The van der Waals surface area contributed by atoms with Crippen molar-refractivity contribution in [2.45, 2.75) is 77.1 Å². The number of anilines is 3. The number of carbonyl (C=O) groups excluding carboxylic acids is 1. The van der Waals surface area contributed by atoms with E-state index < -0.39 is 5.60 Å². The number of aromatic amines is 1. The molecule has 0 aliphatic carbocycles. The molecule has 2 fully saturated rings. The first-order valence-corrected chi connectivity index (χ1v) is 11.2. The minimum Gasteiger partial charge on any atom is -0.444 e. The molecule has 3 aromatic rings. The molecule has 0 radical (unpaired) electrons. The third-order valence-corrected chi connectivity index (χ3v) is 6.02. The molecule has 5 heterocycles. The minimum absolute atomic E-state index is 0.190. The Labute approximate surface area is 186 Å². The summed E-state index contributed by atoms with van der Waals surface area (Å²) in [4.78, 5) is 19.4. The fourth-order valence-corrected chi connectivity index (χ4v) is 4.79. The van der Waals surface area contributed by atoms with Crippen LogP contribution in [0, 0.1) is 6.92 Å². The zero-order valence-electron chi connectivity index (χ0n) is 18.9. The maximum absolute atomic E-state index is 12.7. The van der Waals surface area contributed by atoms with Gasteiger partial charge in [-0.2, -0.15) is 10.1 Å². The zero-order valence-corrected chi connectivity index (χ0v) is 18.9. The second-order valence-corrected chi connectivity index (χ2v) is 9.77. The molecule has 0 spiro atoms. The Morgan fingerprint density at radius 2 is 2.00 bits per heavy atom. The summed E-state index contributed by atoms with van der Waals surface area (Å²) in [6.45, 7) is 7.68. The molecule has 2 saturated heterocycles. The summed E-state index contributed by atoms with van der Waals surface area (Å²) < 4.78 is 7.47. The van der Waals surface area contributed by atoms with Crippen LogP contribution in [-0.2, 0) is 4.74 Å². The number of aromatic nitrogens is 5. The lowest BCUT2D eigenvalue weighted by Crippen LogP contribution is -2.51. The number of aryl methyl sites for hydroxylation is 1. The smallest absolute Gasteiger partial charge is 0.410 e. The molecule has 0 aromatic carbocycles. The Morgan fingerprint density at radius 3 is 2.66 bits per heavy atom. The number of ether oxygens (including phenoxy) is 1. The van der Waals surface area contributed by atoms with Gasteiger partial charge in [0.2, 0.25) is 5.95 Å². The number of amides is 1. The van der Waals surface area contributed by atoms with Crippen molar-refractivity contribution < 1.29 is 9.53 Å². The number of hydrogen-bond acceptors (Lipinski definition) is 7. The number of H-pyrrole nitrogens is 1. The van der Waals surface area contributed by atoms with E-state index in [4.69, 9.17) is 9.72 Å². The van der Waals surface area contributed by atoms with Crippen molar-refractivity contribution in [3.8, 4) is 0 Å². The molecule has 5 rings (SSSR count). The molecule has 3 aromatic heterocycles. The van der Waals surface area contributed by atoms with Crippen molar-refractivity contribution in [1.29, 1.82) is 0 Å². The van der Waals surface area contributed by atoms with Gasteiger partial charge in [-0.05, 0) is 65.5 Å². The fourth-order valence-electron chi connectivity index (χ4n) is 4.79. The van der Waals surface area contributed by atoms with Gasteiger partial charge in [0.05, 0.1) is 0 Å². The van der Waals surface area contributed by atoms with Crippen LogP contribution in [0.3, 0.4) is 0 Å². The first-order valence-electron chi connectivity index (χ1n) is 11.2. The van der Waals surface area contributed by atoms with E-state index in [1.807, 2.05) is 61.5 Å². The first kappa shape index (κ1) is 20.6. The van der Waals surface area contributed by atoms with Gasteiger partial charge in [0.25, 0.3) is 0 Å². The van der Waals surface area contributed by atoms with Gasteiger partial charge in [-0.1, -0.05) is 0 Å². The fraction of sp³-hybridized carbons (Fsp3) is 0.545. The molecule has 2 aliphatic heterocycles. The normalized spacial score (nSPS) is 22.9. The van der Waals surface area contributed by atoms with Gasteiger partial charge in [-0.25, -0.2) is 9.31 Å². The monoisotopic (exact) mass is 438 g/mol. The Hall–Kier alpha value is -3.30. The lowest BCUT2D eigenvalue weighted by molar-refractivity contribution is 0.00683. The average Bonchev–Trinajstić information content (AvgIpc) is 3.39. The second-order valence-electron chi connectivity index (χ2n) is 9.77. The SMILES string of the molecule is Cc1cc(Nc2nc(NC3C[C@H]4CC[C@@H](C3)N4C(=O)OC(C)(C)C)c3cccn3n2)n[nH]1. The van der Waals surface area contributed by atoms with E-state index >= 15 is 0 Å². The minimum atomic E-state index is -0.483. The van der Waals surface area contributed by atoms with Gasteiger partial charge in [-0.3, -0.25) is 5.10 Å². The molecule has 32 heavy (non-hydrogen) atoms. The summed E-state index contributed by atoms with van der Waals surface area (Å²) in [6, 6.07) is 6.45. The number of hydrogen-bond donors (Lipinski definition) is 3. The Bertz CT molecular complexity index is 1120. The summed E-state index contributed by atoms with van der Waals surface area (Å²) >= 11 is 0. The van der Waals surface area contributed by atoms with Gasteiger partial charge in [0.1, 0.15) is 11.1 Å². The maximum atomic E-state index is 12.7. The van der Waals surface area contributed by atoms with E-state index in [1.54, 1.807) is 0 Å². The quantitative estimate of drug-likeness (QED) is 0.567. The number of fused-ring (bicyclic) bond motifs is 3. The number of carbonyl (C=O) groups is 1. The van der Waals surface area contributed by atoms with E-state index in [0.29, 0.717) is 11.8 Å². The van der Waals surface area contributed by atoms with Crippen molar-refractivity contribution in [1.82, 2.24) is 29.7 Å². The van der Waals surface area contributed by atoms with E-state index in [2.05, 4.69) is 25.9 Å². The summed E-state index contributed by atoms with van der Waals surface area (Å²) in [6.07, 6.45) is 5.47. The van der Waals surface area contributed by atoms with Crippen LogP contribution in [0.4, 0.5) is 22.4 Å². The van der Waals surface area contributed by atoms with Gasteiger partial charge in [0, 0.05) is 36.1 Å². The molecule has 2 bridgehead atoms. The standard InChI is InChI=1S/C22H30N8O2/c1-13-10-18(27-26-13)24-20-25-19(17-6-5-9-29(17)28-20)23-14-11-15-7-8-16(12-14)30(15)21(31)32-22(2,3)4/h5-6,9-10,14-16H,7-8,11-12H2,1-4H3,(H3,23,24,25,26,27,28)/t14?,15-,16+. The predicted octanol–water partition coefficient (Wildman–Crippen LogP) is 3.85. The third kappa shape index (κ3) is 4.09. The summed E-state index contributed by atoms with van der Waals surface area (Å²) in [7, 11) is 0. The lowest BCUT2D eigenvalue weighted by atomic mass is 9.97. The molecular weight excluding hydrogens is 408 g/mol. The Morgan fingerprint density at radius 1 is 1.25 bits per heavy atom. The highest BCUT2D eigenvalue weighted by molar-refractivity contribution is 5.71. The number of piperidine rings is 1. The Balaban J connectivity index is 1.33.